The van der Waals surface area contributed by atoms with Gasteiger partial charge in [0.1, 0.15) is 17.9 Å². The van der Waals surface area contributed by atoms with Gasteiger partial charge in [-0.3, -0.25) is 10.1 Å². The Morgan fingerprint density at radius 2 is 2.19 bits per heavy atom. The van der Waals surface area contributed by atoms with E-state index < -0.39 is 11.5 Å². The molecule has 0 radical (unpaired) electrons. The first kappa shape index (κ1) is 15.0. The zero-order chi connectivity index (χ0) is 15.4. The molecule has 2 rings (SSSR count). The predicted molar refractivity (Wildman–Crippen MR) is 70.7 cm³/mol. The minimum absolute atomic E-state index is 0.100. The average Bonchev–Trinajstić information content (AvgIpc) is 2.82. The first-order valence-electron chi connectivity index (χ1n) is 5.56. The fourth-order valence-corrected chi connectivity index (χ4v) is 1.75. The molecule has 0 aliphatic heterocycles. The van der Waals surface area contributed by atoms with Crippen LogP contribution in [0.25, 0.3) is 0 Å². The Morgan fingerprint density at radius 1 is 1.43 bits per heavy atom. The lowest BCUT2D eigenvalue weighted by Gasteiger charge is -2.11. The lowest BCUT2D eigenvalue weighted by molar-refractivity contribution is -0.385. The summed E-state index contributed by atoms with van der Waals surface area (Å²) in [6, 6.07) is 5.10. The zero-order valence-electron chi connectivity index (χ0n) is 10.3. The molecule has 112 valence electrons. The van der Waals surface area contributed by atoms with Gasteiger partial charge >= 0.3 is 6.61 Å². The smallest absolute Gasteiger partial charge is 0.387 e. The Kier molecular flexibility index (Phi) is 4.58. The highest BCUT2D eigenvalue weighted by Crippen LogP contribution is 2.30. The molecule has 0 saturated heterocycles. The van der Waals surface area contributed by atoms with E-state index in [1.54, 1.807) is 0 Å². The van der Waals surface area contributed by atoms with Gasteiger partial charge in [0, 0.05) is 18.3 Å². The van der Waals surface area contributed by atoms with Crippen LogP contribution in [0.5, 0.6) is 11.6 Å². The average molecular weight is 317 g/mol. The third-order valence-electron chi connectivity index (χ3n) is 2.44. The first-order chi connectivity index (χ1) is 9.97. The molecular formula is C11H9F2N3O4S. The van der Waals surface area contributed by atoms with E-state index in [2.05, 4.69) is 22.7 Å². The predicted octanol–water partition coefficient (Wildman–Crippen LogP) is 2.66. The number of ether oxygens (including phenoxy) is 2. The summed E-state index contributed by atoms with van der Waals surface area (Å²) in [4.78, 5) is 10.3. The number of thiol groups is 1. The van der Waals surface area contributed by atoms with Crippen LogP contribution in [0.4, 0.5) is 14.5 Å². The summed E-state index contributed by atoms with van der Waals surface area (Å²) in [5, 5.41) is 14.7. The normalized spacial score (nSPS) is 10.7. The van der Waals surface area contributed by atoms with Gasteiger partial charge in [0.2, 0.25) is 5.88 Å². The van der Waals surface area contributed by atoms with E-state index in [0.717, 1.165) is 0 Å². The number of hydrogen-bond acceptors (Lipinski definition) is 6. The molecule has 1 aromatic heterocycles. The maximum Gasteiger partial charge on any atom is 0.387 e. The van der Waals surface area contributed by atoms with E-state index in [1.807, 2.05) is 0 Å². The van der Waals surface area contributed by atoms with Gasteiger partial charge in [0.25, 0.3) is 5.69 Å². The number of hydrogen-bond donors (Lipinski definition) is 1. The number of rotatable bonds is 6. The molecule has 0 saturated carbocycles. The van der Waals surface area contributed by atoms with Gasteiger partial charge in [-0.1, -0.05) is 6.07 Å². The van der Waals surface area contributed by atoms with Crippen molar-refractivity contribution in [2.45, 2.75) is 13.2 Å². The molecule has 0 bridgehead atoms. The Balaban J connectivity index is 2.27. The Hall–Kier alpha value is -2.36. The van der Waals surface area contributed by atoms with Gasteiger partial charge in [-0.25, -0.2) is 4.09 Å². The molecule has 2 aromatic rings. The Bertz CT molecular complexity index is 650. The van der Waals surface area contributed by atoms with E-state index in [0.29, 0.717) is 0 Å². The third kappa shape index (κ3) is 3.81. The van der Waals surface area contributed by atoms with Crippen molar-refractivity contribution in [3.8, 4) is 11.6 Å². The molecule has 0 spiro atoms. The van der Waals surface area contributed by atoms with E-state index in [-0.39, 0.29) is 29.5 Å². The lowest BCUT2D eigenvalue weighted by Crippen LogP contribution is -2.08. The van der Waals surface area contributed by atoms with Crippen molar-refractivity contribution in [2.24, 2.45) is 0 Å². The monoisotopic (exact) mass is 317 g/mol. The highest BCUT2D eigenvalue weighted by atomic mass is 32.1. The fourth-order valence-electron chi connectivity index (χ4n) is 1.60. The second-order valence-corrected chi connectivity index (χ2v) is 4.16. The van der Waals surface area contributed by atoms with E-state index >= 15 is 0 Å². The van der Waals surface area contributed by atoms with Gasteiger partial charge < -0.3 is 9.47 Å². The zero-order valence-corrected chi connectivity index (χ0v) is 11.2. The molecule has 0 N–H and O–H groups in total. The number of alkyl halides is 2. The Labute approximate surface area is 122 Å². The largest absolute Gasteiger partial charge is 0.471 e. The molecule has 0 aliphatic rings. The third-order valence-corrected chi connectivity index (χ3v) is 2.66. The molecule has 0 amide bonds. The maximum absolute atomic E-state index is 12.3. The summed E-state index contributed by atoms with van der Waals surface area (Å²) in [5.74, 6) is -0.171. The topological polar surface area (TPSA) is 79.4 Å². The maximum atomic E-state index is 12.3. The van der Waals surface area contributed by atoms with Crippen LogP contribution < -0.4 is 9.47 Å². The minimum Gasteiger partial charge on any atom is -0.471 e. The van der Waals surface area contributed by atoms with Crippen molar-refractivity contribution < 1.29 is 23.2 Å². The van der Waals surface area contributed by atoms with Crippen molar-refractivity contribution >= 4 is 18.5 Å². The second kappa shape index (κ2) is 6.39. The van der Waals surface area contributed by atoms with Crippen molar-refractivity contribution in [2.75, 3.05) is 0 Å². The molecule has 1 heterocycles. The first-order valence-corrected chi connectivity index (χ1v) is 5.96. The summed E-state index contributed by atoms with van der Waals surface area (Å²) in [6.07, 6.45) is 1.48. The van der Waals surface area contributed by atoms with Gasteiger partial charge in [0.15, 0.2) is 0 Å². The van der Waals surface area contributed by atoms with Gasteiger partial charge in [-0.15, -0.1) is 5.10 Å². The molecular weight excluding hydrogens is 308 g/mol. The molecule has 7 nitrogen and oxygen atoms in total. The Morgan fingerprint density at radius 3 is 2.76 bits per heavy atom. The highest BCUT2D eigenvalue weighted by molar-refractivity contribution is 7.78. The standard InChI is InChI=1S/C11H9F2N3O4S/c12-11(13)20-9-3-1-2-8(16(17)18)7(9)6-19-10-4-5-15(21)14-10/h1-5,11,21H,6H2. The SMILES string of the molecule is O=[N+]([O-])c1cccc(OC(F)F)c1COc1ccn(S)n1. The summed E-state index contributed by atoms with van der Waals surface area (Å²) in [7, 11) is 0. The molecule has 0 unspecified atom stereocenters. The van der Waals surface area contributed by atoms with Gasteiger partial charge in [-0.05, 0) is 18.9 Å². The second-order valence-electron chi connectivity index (χ2n) is 3.75. The van der Waals surface area contributed by atoms with Crippen LogP contribution in [0.3, 0.4) is 0 Å². The van der Waals surface area contributed by atoms with E-state index in [9.17, 15) is 18.9 Å². The van der Waals surface area contributed by atoms with Crippen LogP contribution in [-0.4, -0.2) is 20.7 Å². The number of benzene rings is 1. The van der Waals surface area contributed by atoms with Crippen LogP contribution in [0.1, 0.15) is 5.56 Å². The molecule has 0 fully saturated rings. The summed E-state index contributed by atoms with van der Waals surface area (Å²) >= 11 is 3.90. The van der Waals surface area contributed by atoms with Crippen LogP contribution in [-0.2, 0) is 6.61 Å². The molecule has 21 heavy (non-hydrogen) atoms. The molecule has 0 atom stereocenters. The van der Waals surface area contributed by atoms with Crippen LogP contribution >= 0.6 is 12.8 Å². The highest BCUT2D eigenvalue weighted by Gasteiger charge is 2.21. The number of halogens is 2. The van der Waals surface area contributed by atoms with Gasteiger partial charge in [-0.2, -0.15) is 8.78 Å². The summed E-state index contributed by atoms with van der Waals surface area (Å²) < 4.78 is 35.3. The van der Waals surface area contributed by atoms with Crippen LogP contribution in [0.15, 0.2) is 30.5 Å². The van der Waals surface area contributed by atoms with Crippen molar-refractivity contribution in [1.29, 1.82) is 0 Å². The lowest BCUT2D eigenvalue weighted by atomic mass is 10.1. The van der Waals surface area contributed by atoms with Crippen molar-refractivity contribution in [3.63, 3.8) is 0 Å². The number of nitro benzene ring substituents is 1. The van der Waals surface area contributed by atoms with Crippen molar-refractivity contribution in [1.82, 2.24) is 9.19 Å². The van der Waals surface area contributed by atoms with E-state index in [1.165, 1.54) is 34.5 Å². The van der Waals surface area contributed by atoms with Crippen LogP contribution in [0, 0.1) is 10.1 Å². The van der Waals surface area contributed by atoms with E-state index in [4.69, 9.17) is 4.74 Å². The molecule has 0 aliphatic carbocycles. The molecule has 10 heteroatoms. The van der Waals surface area contributed by atoms with Gasteiger partial charge in [0.05, 0.1) is 4.92 Å². The number of nitrogens with zero attached hydrogens (tertiary/aromatic N) is 3. The number of aromatic nitrogens is 2. The summed E-state index contributed by atoms with van der Waals surface area (Å²) in [6.45, 7) is -3.44. The quantitative estimate of drug-likeness (QED) is 0.503. The fraction of sp³-hybridized carbons (Fsp3) is 0.182. The number of nitro groups is 1. The molecule has 1 aromatic carbocycles. The van der Waals surface area contributed by atoms with Crippen molar-refractivity contribution in [3.05, 3.63) is 46.1 Å². The summed E-state index contributed by atoms with van der Waals surface area (Å²) in [5.41, 5.74) is -0.477. The minimum atomic E-state index is -3.09. The van der Waals surface area contributed by atoms with Crippen LogP contribution in [0.2, 0.25) is 0 Å².